The highest BCUT2D eigenvalue weighted by Crippen LogP contribution is 2.59. The van der Waals surface area contributed by atoms with E-state index >= 15 is 0 Å². The highest BCUT2D eigenvalue weighted by Gasteiger charge is 2.50. The molecule has 13 rings (SSSR count). The first-order valence-electron chi connectivity index (χ1n) is 28.9. The van der Waals surface area contributed by atoms with Crippen LogP contribution < -0.4 is 31.1 Å². The molecule has 2 aliphatic carbocycles. The molecule has 4 aliphatic rings. The molecule has 9 aromatic carbocycles. The van der Waals surface area contributed by atoms with Gasteiger partial charge in [-0.05, 0) is 161 Å². The van der Waals surface area contributed by atoms with Crippen molar-refractivity contribution in [2.75, 3.05) is 14.7 Å². The summed E-state index contributed by atoms with van der Waals surface area (Å²) in [6.07, 6.45) is 1.07. The Kier molecular flexibility index (Phi) is 11.3. The van der Waals surface area contributed by atoms with Crippen molar-refractivity contribution >= 4 is 74.3 Å². The first-order chi connectivity index (χ1) is 37.5. The van der Waals surface area contributed by atoms with E-state index in [1.165, 1.54) is 100 Å². The smallest absolute Gasteiger partial charge is 0.252 e. The second kappa shape index (κ2) is 17.5. The second-order valence-corrected chi connectivity index (χ2v) is 27.8. The van der Waals surface area contributed by atoms with Gasteiger partial charge in [-0.25, -0.2) is 0 Å². The van der Waals surface area contributed by atoms with Gasteiger partial charge in [-0.1, -0.05) is 224 Å². The highest BCUT2D eigenvalue weighted by molar-refractivity contribution is 7.00. The lowest BCUT2D eigenvalue weighted by Crippen LogP contribution is -2.62. The van der Waals surface area contributed by atoms with Crippen LogP contribution in [0.5, 0.6) is 0 Å². The summed E-state index contributed by atoms with van der Waals surface area (Å²) in [5.41, 5.74) is 27.5. The molecule has 0 N–H and O–H groups in total. The summed E-state index contributed by atoms with van der Waals surface area (Å²) in [7, 11) is 0. The minimum atomic E-state index is -0.279. The average molecular weight is 1030 g/mol. The summed E-state index contributed by atoms with van der Waals surface area (Å²) in [6, 6.07) is 74.9. The molecule has 0 fully saturated rings. The van der Waals surface area contributed by atoms with E-state index in [0.717, 1.165) is 29.2 Å². The van der Waals surface area contributed by atoms with Crippen molar-refractivity contribution in [3.05, 3.63) is 239 Å². The van der Waals surface area contributed by atoms with E-state index in [4.69, 9.17) is 0 Å². The molecule has 0 saturated heterocycles. The van der Waals surface area contributed by atoms with Crippen LogP contribution >= 0.6 is 0 Å². The number of rotatable bonds is 6. The number of anilines is 9. The molecule has 0 unspecified atom stereocenters. The Morgan fingerprint density at radius 3 is 1.46 bits per heavy atom. The summed E-state index contributed by atoms with van der Waals surface area (Å²) < 4.78 is 0. The summed E-state index contributed by atoms with van der Waals surface area (Å²) in [4.78, 5) is 7.83. The van der Waals surface area contributed by atoms with Crippen molar-refractivity contribution in [1.29, 1.82) is 0 Å². The molecule has 0 radical (unpaired) electrons. The van der Waals surface area contributed by atoms with Gasteiger partial charge < -0.3 is 14.7 Å². The fourth-order valence-electron chi connectivity index (χ4n) is 15.0. The molecule has 0 bridgehead atoms. The number of hydrogen-bond donors (Lipinski definition) is 0. The lowest BCUT2D eigenvalue weighted by molar-refractivity contribution is 0.403. The maximum Gasteiger partial charge on any atom is 0.252 e. The molecule has 394 valence electrons. The van der Waals surface area contributed by atoms with Crippen LogP contribution in [-0.4, -0.2) is 6.71 Å². The number of benzene rings is 9. The highest BCUT2D eigenvalue weighted by atomic mass is 15.2. The molecule has 3 nitrogen and oxygen atoms in total. The number of nitrogens with zero attached hydrogens (tertiary/aromatic N) is 3. The van der Waals surface area contributed by atoms with Gasteiger partial charge >= 0.3 is 0 Å². The van der Waals surface area contributed by atoms with E-state index in [1.807, 2.05) is 0 Å². The van der Waals surface area contributed by atoms with Crippen molar-refractivity contribution < 1.29 is 0 Å². The number of para-hydroxylation sites is 2. The third-order valence-corrected chi connectivity index (χ3v) is 18.7. The molecule has 79 heavy (non-hydrogen) atoms. The van der Waals surface area contributed by atoms with Crippen LogP contribution in [0.3, 0.4) is 0 Å². The predicted octanol–water partition coefficient (Wildman–Crippen LogP) is 18.4. The van der Waals surface area contributed by atoms with Crippen molar-refractivity contribution in [3.63, 3.8) is 0 Å². The summed E-state index contributed by atoms with van der Waals surface area (Å²) in [6.45, 7) is 33.7. The summed E-state index contributed by atoms with van der Waals surface area (Å²) in [5.74, 6) is 0. The fourth-order valence-corrected chi connectivity index (χ4v) is 15.0. The van der Waals surface area contributed by atoms with Gasteiger partial charge in [0.2, 0.25) is 0 Å². The zero-order valence-electron chi connectivity index (χ0n) is 49.1. The molecule has 2 heterocycles. The molecule has 2 aliphatic heterocycles. The molecule has 0 saturated carbocycles. The third-order valence-electron chi connectivity index (χ3n) is 18.7. The Bertz CT molecular complexity index is 3850. The molecule has 0 atom stereocenters. The van der Waals surface area contributed by atoms with Gasteiger partial charge in [-0.2, -0.15) is 0 Å². The van der Waals surface area contributed by atoms with Crippen molar-refractivity contribution in [3.8, 4) is 11.1 Å². The van der Waals surface area contributed by atoms with Gasteiger partial charge in [-0.15, -0.1) is 0 Å². The van der Waals surface area contributed by atoms with Crippen molar-refractivity contribution in [2.45, 2.75) is 136 Å². The topological polar surface area (TPSA) is 9.72 Å². The van der Waals surface area contributed by atoms with Crippen LogP contribution in [0.1, 0.15) is 148 Å². The molecular weight excluding hydrogens is 954 g/mol. The zero-order valence-corrected chi connectivity index (χ0v) is 49.1. The van der Waals surface area contributed by atoms with Crippen LogP contribution in [0, 0.1) is 0 Å². The first-order valence-corrected chi connectivity index (χ1v) is 28.9. The molecule has 9 aromatic rings. The Morgan fingerprint density at radius 2 is 0.886 bits per heavy atom. The predicted molar refractivity (Wildman–Crippen MR) is 339 cm³/mol. The van der Waals surface area contributed by atoms with Crippen LogP contribution in [0.15, 0.2) is 194 Å². The molecule has 0 aromatic heterocycles. The Balaban J connectivity index is 1.23. The minimum Gasteiger partial charge on any atom is -0.311 e. The average Bonchev–Trinajstić information content (AvgIpc) is 2.60. The number of hydrogen-bond acceptors (Lipinski definition) is 3. The second-order valence-electron chi connectivity index (χ2n) is 27.8. The van der Waals surface area contributed by atoms with Gasteiger partial charge in [0.25, 0.3) is 6.71 Å². The van der Waals surface area contributed by atoms with Crippen LogP contribution in [0.25, 0.3) is 11.1 Å². The summed E-state index contributed by atoms with van der Waals surface area (Å²) in [5, 5.41) is 0. The van der Waals surface area contributed by atoms with E-state index in [0.29, 0.717) is 0 Å². The standard InChI is InChI=1S/C75H76BN3/c1-70(2,3)49-34-37-53(38-35-49)78-62-40-36-50(71(4,5)6)42-60(62)76-61-45-58-59(75(13,14)56-33-25-24-32-55(56)74(58,11)12)46-64(61)79(63-41-39-57-68(73(9,10)47-72(57,7)8)67(63)48-26-18-15-19-27-48)66-44-54(43-65(78)69(66)76)77(51-28-20-16-21-29-51)52-30-22-17-23-31-52/h15-46H,47H2,1-14H3. The fraction of sp³-hybridized carbons (Fsp3) is 0.280. The lowest BCUT2D eigenvalue weighted by Gasteiger charge is -2.49. The van der Waals surface area contributed by atoms with E-state index < -0.39 is 0 Å². The van der Waals surface area contributed by atoms with Gasteiger partial charge in [0.05, 0.1) is 11.4 Å². The quantitative estimate of drug-likeness (QED) is 0.154. The van der Waals surface area contributed by atoms with E-state index in [-0.39, 0.29) is 39.2 Å². The number of fused-ring (bicyclic) bond motifs is 7. The van der Waals surface area contributed by atoms with Crippen molar-refractivity contribution in [2.24, 2.45) is 0 Å². The van der Waals surface area contributed by atoms with Crippen LogP contribution in [0.2, 0.25) is 0 Å². The lowest BCUT2D eigenvalue weighted by atomic mass is 9.33. The Labute approximate surface area is 472 Å². The van der Waals surface area contributed by atoms with Crippen molar-refractivity contribution in [1.82, 2.24) is 0 Å². The largest absolute Gasteiger partial charge is 0.311 e. The Morgan fingerprint density at radius 1 is 0.392 bits per heavy atom. The van der Waals surface area contributed by atoms with Crippen LogP contribution in [-0.2, 0) is 32.5 Å². The van der Waals surface area contributed by atoms with Gasteiger partial charge in [-0.3, -0.25) is 0 Å². The monoisotopic (exact) mass is 1030 g/mol. The summed E-state index contributed by atoms with van der Waals surface area (Å²) >= 11 is 0. The zero-order chi connectivity index (χ0) is 55.3. The Hall–Kier alpha value is -7.56. The maximum atomic E-state index is 2.75. The maximum absolute atomic E-state index is 2.75. The molecule has 4 heteroatoms. The SMILES string of the molecule is CC(C)(C)c1ccc(N2c3ccc(C(C)(C)C)cc3B3c4cc5c(cc4N(c4ccc6c(c4-c4ccccc4)C(C)(C)CC6(C)C)c4cc(N(c6ccccc6)c6ccccc6)cc2c43)C(C)(C)c2ccccc2C5(C)C)cc1. The van der Waals surface area contributed by atoms with E-state index in [2.05, 4.69) is 306 Å². The molecule has 0 spiro atoms. The normalized spacial score (nSPS) is 16.8. The molecular formula is C75H76BN3. The third kappa shape index (κ3) is 7.82. The minimum absolute atomic E-state index is 0.00169. The first kappa shape index (κ1) is 50.9. The van der Waals surface area contributed by atoms with Gasteiger partial charge in [0, 0.05) is 56.2 Å². The van der Waals surface area contributed by atoms with E-state index in [1.54, 1.807) is 0 Å². The van der Waals surface area contributed by atoms with E-state index in [9.17, 15) is 0 Å². The van der Waals surface area contributed by atoms with Crippen LogP contribution in [0.4, 0.5) is 51.2 Å². The van der Waals surface area contributed by atoms with Gasteiger partial charge in [0.15, 0.2) is 0 Å². The molecule has 0 amide bonds. The van der Waals surface area contributed by atoms with Gasteiger partial charge in [0.1, 0.15) is 0 Å².